The number of nitrogens with zero attached hydrogens (tertiary/aromatic N) is 5. The molecule has 0 aliphatic heterocycles. The number of ether oxygens (including phenoxy) is 1. The van der Waals surface area contributed by atoms with Gasteiger partial charge in [-0.3, -0.25) is 0 Å². The monoisotopic (exact) mass is 393 g/mol. The van der Waals surface area contributed by atoms with Crippen LogP contribution < -0.4 is 4.74 Å². The molecule has 8 heteroatoms. The van der Waals surface area contributed by atoms with E-state index in [1.807, 2.05) is 24.3 Å². The van der Waals surface area contributed by atoms with Crippen molar-refractivity contribution in [1.82, 2.24) is 19.6 Å². The van der Waals surface area contributed by atoms with E-state index in [1.165, 1.54) is 23.3 Å². The maximum absolute atomic E-state index is 5.40. The molecule has 0 bridgehead atoms. The zero-order chi connectivity index (χ0) is 18.9. The molecule has 3 aromatic heterocycles. The quantitative estimate of drug-likeness (QED) is 0.381. The van der Waals surface area contributed by atoms with Crippen molar-refractivity contribution in [2.45, 2.75) is 32.3 Å². The summed E-state index contributed by atoms with van der Waals surface area (Å²) < 4.78 is 6.89. The zero-order valence-electron chi connectivity index (χ0n) is 15.5. The van der Waals surface area contributed by atoms with E-state index in [0.29, 0.717) is 5.82 Å². The summed E-state index contributed by atoms with van der Waals surface area (Å²) in [6, 6.07) is 7.59. The summed E-state index contributed by atoms with van der Waals surface area (Å²) in [5, 5.41) is 9.66. The Morgan fingerprint density at radius 2 is 2.07 bits per heavy atom. The highest BCUT2D eigenvalue weighted by molar-refractivity contribution is 7.19. The third kappa shape index (κ3) is 3.09. The molecule has 0 atom stereocenters. The molecule has 0 fully saturated rings. The van der Waals surface area contributed by atoms with Gasteiger partial charge in [0.15, 0.2) is 18.1 Å². The molecular formula is C20H19N5O2S. The van der Waals surface area contributed by atoms with Crippen LogP contribution in [0.1, 0.15) is 34.7 Å². The summed E-state index contributed by atoms with van der Waals surface area (Å²) in [7, 11) is 1.64. The summed E-state index contributed by atoms with van der Waals surface area (Å²) in [5.41, 5.74) is 3.20. The molecule has 0 spiro atoms. The van der Waals surface area contributed by atoms with Crippen molar-refractivity contribution in [3.63, 3.8) is 0 Å². The van der Waals surface area contributed by atoms with Gasteiger partial charge < -0.3 is 9.57 Å². The molecule has 0 amide bonds. The molecule has 0 N–H and O–H groups in total. The van der Waals surface area contributed by atoms with Crippen LogP contribution in [0.5, 0.6) is 5.75 Å². The molecule has 1 aliphatic carbocycles. The van der Waals surface area contributed by atoms with Crippen molar-refractivity contribution < 1.29 is 9.57 Å². The number of benzene rings is 1. The second-order valence-corrected chi connectivity index (χ2v) is 7.80. The van der Waals surface area contributed by atoms with Gasteiger partial charge in [0.1, 0.15) is 16.9 Å². The third-order valence-electron chi connectivity index (χ3n) is 4.92. The summed E-state index contributed by atoms with van der Waals surface area (Å²) in [6.45, 7) is 0.210. The minimum Gasteiger partial charge on any atom is -0.497 e. The van der Waals surface area contributed by atoms with Gasteiger partial charge in [0.05, 0.1) is 18.7 Å². The minimum absolute atomic E-state index is 0.210. The Hall–Kier alpha value is -3.00. The number of rotatable bonds is 5. The van der Waals surface area contributed by atoms with Gasteiger partial charge in [0.25, 0.3) is 0 Å². The van der Waals surface area contributed by atoms with Crippen LogP contribution >= 0.6 is 11.3 Å². The number of hydrogen-bond donors (Lipinski definition) is 0. The highest BCUT2D eigenvalue weighted by Gasteiger charge is 2.20. The standard InChI is InChI=1S/C20H19N5O2S/c1-26-14-8-6-13(7-9-14)10-22-27-11-17-23-19-18-15-4-2-3-5-16(15)28-20(18)21-12-25(19)24-17/h6-10,12H,2-5,11H2,1H3/b22-10+. The van der Waals surface area contributed by atoms with Crippen LogP contribution in [-0.2, 0) is 24.3 Å². The van der Waals surface area contributed by atoms with Gasteiger partial charge in [-0.15, -0.1) is 16.4 Å². The number of hydrogen-bond acceptors (Lipinski definition) is 7. The molecular weight excluding hydrogens is 374 g/mol. The molecule has 142 valence electrons. The highest BCUT2D eigenvalue weighted by Crippen LogP contribution is 2.36. The Balaban J connectivity index is 1.35. The normalized spacial score (nSPS) is 14.0. The van der Waals surface area contributed by atoms with E-state index in [-0.39, 0.29) is 6.61 Å². The number of methoxy groups -OCH3 is 1. The van der Waals surface area contributed by atoms with Crippen molar-refractivity contribution in [2.75, 3.05) is 7.11 Å². The van der Waals surface area contributed by atoms with Gasteiger partial charge in [0.2, 0.25) is 0 Å². The maximum Gasteiger partial charge on any atom is 0.192 e. The molecule has 0 radical (unpaired) electrons. The van der Waals surface area contributed by atoms with Crippen molar-refractivity contribution in [3.05, 3.63) is 52.4 Å². The number of aromatic nitrogens is 4. The average Bonchev–Trinajstić information content (AvgIpc) is 3.32. The lowest BCUT2D eigenvalue weighted by atomic mass is 9.97. The Morgan fingerprint density at radius 3 is 2.93 bits per heavy atom. The van der Waals surface area contributed by atoms with E-state index in [9.17, 15) is 0 Å². The SMILES string of the molecule is COc1ccc(/C=N/OCc2nc3c4c5c(sc4ncn3n2)CCCC5)cc1. The van der Waals surface area contributed by atoms with Gasteiger partial charge in [-0.05, 0) is 61.1 Å². The Morgan fingerprint density at radius 1 is 1.21 bits per heavy atom. The first-order valence-electron chi connectivity index (χ1n) is 9.26. The molecule has 28 heavy (non-hydrogen) atoms. The molecule has 1 aliphatic rings. The van der Waals surface area contributed by atoms with Crippen LogP contribution in [0.2, 0.25) is 0 Å². The van der Waals surface area contributed by atoms with Crippen LogP contribution in [0.4, 0.5) is 0 Å². The van der Waals surface area contributed by atoms with E-state index in [1.54, 1.807) is 35.5 Å². The molecule has 7 nitrogen and oxygen atoms in total. The van der Waals surface area contributed by atoms with E-state index in [4.69, 9.17) is 14.6 Å². The first-order valence-corrected chi connectivity index (χ1v) is 10.1. The van der Waals surface area contributed by atoms with E-state index in [2.05, 4.69) is 15.2 Å². The fourth-order valence-electron chi connectivity index (χ4n) is 3.54. The lowest BCUT2D eigenvalue weighted by Gasteiger charge is -2.09. The van der Waals surface area contributed by atoms with Crippen LogP contribution in [-0.4, -0.2) is 32.9 Å². The largest absolute Gasteiger partial charge is 0.497 e. The fraction of sp³-hybridized carbons (Fsp3) is 0.300. The molecule has 4 aromatic rings. The number of aryl methyl sites for hydroxylation is 2. The second kappa shape index (κ2) is 7.20. The maximum atomic E-state index is 5.40. The van der Waals surface area contributed by atoms with Gasteiger partial charge in [-0.1, -0.05) is 5.16 Å². The summed E-state index contributed by atoms with van der Waals surface area (Å²) in [6.07, 6.45) is 8.12. The van der Waals surface area contributed by atoms with Crippen molar-refractivity contribution in [3.8, 4) is 5.75 Å². The lowest BCUT2D eigenvalue weighted by Crippen LogP contribution is -1.99. The smallest absolute Gasteiger partial charge is 0.192 e. The predicted octanol–water partition coefficient (Wildman–Crippen LogP) is 3.78. The van der Waals surface area contributed by atoms with E-state index in [0.717, 1.165) is 40.0 Å². The molecule has 1 aromatic carbocycles. The van der Waals surface area contributed by atoms with Crippen molar-refractivity contribution in [1.29, 1.82) is 0 Å². The topological polar surface area (TPSA) is 73.9 Å². The summed E-state index contributed by atoms with van der Waals surface area (Å²) in [5.74, 6) is 1.40. The molecule has 0 unspecified atom stereocenters. The number of thiophene rings is 1. The summed E-state index contributed by atoms with van der Waals surface area (Å²) >= 11 is 1.79. The highest BCUT2D eigenvalue weighted by atomic mass is 32.1. The zero-order valence-corrected chi connectivity index (χ0v) is 16.3. The third-order valence-corrected chi connectivity index (χ3v) is 6.12. The van der Waals surface area contributed by atoms with E-state index >= 15 is 0 Å². The van der Waals surface area contributed by atoms with Crippen molar-refractivity contribution in [2.24, 2.45) is 5.16 Å². The molecule has 0 saturated carbocycles. The Bertz CT molecular complexity index is 1160. The lowest BCUT2D eigenvalue weighted by molar-refractivity contribution is 0.126. The number of oxime groups is 1. The van der Waals surface area contributed by atoms with E-state index < -0.39 is 0 Å². The molecule has 5 rings (SSSR count). The summed E-state index contributed by atoms with van der Waals surface area (Å²) in [4.78, 5) is 17.2. The molecule has 3 heterocycles. The first-order chi connectivity index (χ1) is 13.8. The number of fused-ring (bicyclic) bond motifs is 5. The van der Waals surface area contributed by atoms with Crippen LogP contribution in [0.25, 0.3) is 15.9 Å². The van der Waals surface area contributed by atoms with Gasteiger partial charge in [-0.2, -0.15) is 0 Å². The van der Waals surface area contributed by atoms with Crippen LogP contribution in [0.3, 0.4) is 0 Å². The predicted molar refractivity (Wildman–Crippen MR) is 108 cm³/mol. The Labute approximate surface area is 165 Å². The fourth-order valence-corrected chi connectivity index (χ4v) is 4.77. The van der Waals surface area contributed by atoms with Gasteiger partial charge in [0, 0.05) is 4.88 Å². The second-order valence-electron chi connectivity index (χ2n) is 6.71. The van der Waals surface area contributed by atoms with Gasteiger partial charge in [-0.25, -0.2) is 14.5 Å². The van der Waals surface area contributed by atoms with Crippen LogP contribution in [0.15, 0.2) is 35.7 Å². The first kappa shape index (κ1) is 17.1. The van der Waals surface area contributed by atoms with Crippen LogP contribution in [0, 0.1) is 0 Å². The van der Waals surface area contributed by atoms with Crippen molar-refractivity contribution >= 4 is 33.4 Å². The Kier molecular flexibility index (Phi) is 4.40. The average molecular weight is 393 g/mol. The minimum atomic E-state index is 0.210. The molecule has 0 saturated heterocycles. The van der Waals surface area contributed by atoms with Gasteiger partial charge >= 0.3 is 0 Å².